The molecule has 0 bridgehead atoms. The fourth-order valence-electron chi connectivity index (χ4n) is 2.11. The lowest BCUT2D eigenvalue weighted by Crippen LogP contribution is -2.36. The van der Waals surface area contributed by atoms with E-state index < -0.39 is 17.8 Å². The first-order chi connectivity index (χ1) is 9.88. The van der Waals surface area contributed by atoms with Gasteiger partial charge >= 0.3 is 6.18 Å². The highest BCUT2D eigenvalue weighted by molar-refractivity contribution is 5.27. The molecule has 0 radical (unpaired) electrons. The van der Waals surface area contributed by atoms with Crippen LogP contribution < -0.4 is 5.32 Å². The molecule has 0 heterocycles. The molecule has 2 atom stereocenters. The van der Waals surface area contributed by atoms with Gasteiger partial charge in [0.2, 0.25) is 0 Å². The monoisotopic (exact) mass is 305 g/mol. The molecule has 0 spiro atoms. The zero-order chi connectivity index (χ0) is 15.9. The summed E-state index contributed by atoms with van der Waals surface area (Å²) in [6, 6.07) is 4.86. The first-order valence-electron chi connectivity index (χ1n) is 6.96. The van der Waals surface area contributed by atoms with E-state index in [1.807, 2.05) is 6.92 Å². The van der Waals surface area contributed by atoms with E-state index in [4.69, 9.17) is 4.74 Å². The Kier molecular flexibility index (Phi) is 7.14. The standard InChI is InChI=1S/C15H22F3NO2/c1-3-5-13(10-21-2)19-9-14(20)11-6-4-7-12(8-11)15(16,17)18/h4,6-8,13-14,19-20H,3,5,9-10H2,1-2H3. The van der Waals surface area contributed by atoms with Crippen LogP contribution in [0.2, 0.25) is 0 Å². The lowest BCUT2D eigenvalue weighted by molar-refractivity contribution is -0.137. The highest BCUT2D eigenvalue weighted by Gasteiger charge is 2.30. The van der Waals surface area contributed by atoms with Gasteiger partial charge in [0.15, 0.2) is 0 Å². The van der Waals surface area contributed by atoms with E-state index in [1.54, 1.807) is 7.11 Å². The predicted molar refractivity (Wildman–Crippen MR) is 75.0 cm³/mol. The van der Waals surface area contributed by atoms with Crippen LogP contribution in [0.5, 0.6) is 0 Å². The molecule has 21 heavy (non-hydrogen) atoms. The van der Waals surface area contributed by atoms with Gasteiger partial charge < -0.3 is 15.2 Å². The number of halogens is 3. The quantitative estimate of drug-likeness (QED) is 0.775. The highest BCUT2D eigenvalue weighted by Crippen LogP contribution is 2.30. The third-order valence-electron chi connectivity index (χ3n) is 3.20. The minimum atomic E-state index is -4.40. The van der Waals surface area contributed by atoms with Crippen LogP contribution in [0.4, 0.5) is 13.2 Å². The largest absolute Gasteiger partial charge is 0.416 e. The van der Waals surface area contributed by atoms with E-state index in [1.165, 1.54) is 12.1 Å². The Morgan fingerprint density at radius 1 is 1.33 bits per heavy atom. The molecule has 1 aromatic carbocycles. The first-order valence-corrected chi connectivity index (χ1v) is 6.96. The molecule has 2 N–H and O–H groups in total. The van der Waals surface area contributed by atoms with Crippen LogP contribution in [0.1, 0.15) is 37.0 Å². The first kappa shape index (κ1) is 17.9. The van der Waals surface area contributed by atoms with Crippen molar-refractivity contribution < 1.29 is 23.0 Å². The van der Waals surface area contributed by atoms with Crippen molar-refractivity contribution in [3.63, 3.8) is 0 Å². The molecule has 0 aromatic heterocycles. The maximum absolute atomic E-state index is 12.6. The molecule has 2 unspecified atom stereocenters. The smallest absolute Gasteiger partial charge is 0.387 e. The van der Waals surface area contributed by atoms with Crippen molar-refractivity contribution in [1.82, 2.24) is 5.32 Å². The Balaban J connectivity index is 2.64. The van der Waals surface area contributed by atoms with Crippen molar-refractivity contribution in [2.24, 2.45) is 0 Å². The van der Waals surface area contributed by atoms with Crippen LogP contribution in [-0.2, 0) is 10.9 Å². The summed E-state index contributed by atoms with van der Waals surface area (Å²) in [5.41, 5.74) is -0.494. The van der Waals surface area contributed by atoms with E-state index in [-0.39, 0.29) is 18.2 Å². The molecule has 0 fully saturated rings. The summed E-state index contributed by atoms with van der Waals surface area (Å²) in [4.78, 5) is 0. The molecule has 120 valence electrons. The van der Waals surface area contributed by atoms with Gasteiger partial charge in [-0.2, -0.15) is 13.2 Å². The summed E-state index contributed by atoms with van der Waals surface area (Å²) in [5, 5.41) is 13.1. The lowest BCUT2D eigenvalue weighted by Gasteiger charge is -2.20. The van der Waals surface area contributed by atoms with E-state index in [9.17, 15) is 18.3 Å². The molecule has 0 saturated heterocycles. The number of alkyl halides is 3. The number of nitrogens with one attached hydrogen (secondary N) is 1. The SMILES string of the molecule is CCCC(COC)NCC(O)c1cccc(C(F)(F)F)c1. The fraction of sp³-hybridized carbons (Fsp3) is 0.600. The van der Waals surface area contributed by atoms with Gasteiger partial charge in [-0.3, -0.25) is 0 Å². The zero-order valence-corrected chi connectivity index (χ0v) is 12.3. The Hall–Kier alpha value is -1.11. The number of benzene rings is 1. The number of hydrogen-bond donors (Lipinski definition) is 2. The van der Waals surface area contributed by atoms with Gasteiger partial charge in [0, 0.05) is 19.7 Å². The van der Waals surface area contributed by atoms with Gasteiger partial charge in [-0.1, -0.05) is 25.5 Å². The van der Waals surface area contributed by atoms with Crippen molar-refractivity contribution >= 4 is 0 Å². The number of aliphatic hydroxyl groups is 1. The van der Waals surface area contributed by atoms with Crippen molar-refractivity contribution in [1.29, 1.82) is 0 Å². The maximum Gasteiger partial charge on any atom is 0.416 e. The predicted octanol–water partition coefficient (Wildman–Crippen LogP) is 3.14. The van der Waals surface area contributed by atoms with Gasteiger partial charge in [0.1, 0.15) is 0 Å². The average molecular weight is 305 g/mol. The summed E-state index contributed by atoms with van der Waals surface area (Å²) < 4.78 is 43.0. The van der Waals surface area contributed by atoms with E-state index in [0.717, 1.165) is 25.0 Å². The van der Waals surface area contributed by atoms with Crippen LogP contribution in [0.15, 0.2) is 24.3 Å². The van der Waals surface area contributed by atoms with Crippen LogP contribution >= 0.6 is 0 Å². The second-order valence-electron chi connectivity index (χ2n) is 4.99. The van der Waals surface area contributed by atoms with Gasteiger partial charge in [-0.15, -0.1) is 0 Å². The van der Waals surface area contributed by atoms with Gasteiger partial charge in [0.25, 0.3) is 0 Å². The average Bonchev–Trinajstić information content (AvgIpc) is 2.44. The second-order valence-corrected chi connectivity index (χ2v) is 4.99. The van der Waals surface area contributed by atoms with Crippen LogP contribution in [0.25, 0.3) is 0 Å². The second kappa shape index (κ2) is 8.36. The van der Waals surface area contributed by atoms with Gasteiger partial charge in [-0.05, 0) is 24.1 Å². The third kappa shape index (κ3) is 6.03. The summed E-state index contributed by atoms with van der Waals surface area (Å²) in [6.45, 7) is 2.73. The van der Waals surface area contributed by atoms with Crippen molar-refractivity contribution in [2.75, 3.05) is 20.3 Å². The molecule has 3 nitrogen and oxygen atoms in total. The lowest BCUT2D eigenvalue weighted by atomic mass is 10.0. The van der Waals surface area contributed by atoms with E-state index in [2.05, 4.69) is 5.32 Å². The normalized spacial score (nSPS) is 15.0. The Labute approximate surface area is 123 Å². The minimum Gasteiger partial charge on any atom is -0.387 e. The van der Waals surface area contributed by atoms with E-state index in [0.29, 0.717) is 6.61 Å². The number of methoxy groups -OCH3 is 1. The number of ether oxygens (including phenoxy) is 1. The Morgan fingerprint density at radius 3 is 2.62 bits per heavy atom. The van der Waals surface area contributed by atoms with Crippen LogP contribution in [-0.4, -0.2) is 31.4 Å². The molecule has 0 aliphatic rings. The molecule has 1 aromatic rings. The van der Waals surface area contributed by atoms with E-state index >= 15 is 0 Å². The Morgan fingerprint density at radius 2 is 2.05 bits per heavy atom. The number of rotatable bonds is 8. The molecule has 0 amide bonds. The number of hydrogen-bond acceptors (Lipinski definition) is 3. The van der Waals surface area contributed by atoms with Crippen LogP contribution in [0.3, 0.4) is 0 Å². The number of aliphatic hydroxyl groups excluding tert-OH is 1. The molecular formula is C15H22F3NO2. The molecule has 1 rings (SSSR count). The summed E-state index contributed by atoms with van der Waals surface area (Å²) >= 11 is 0. The fourth-order valence-corrected chi connectivity index (χ4v) is 2.11. The Bertz CT molecular complexity index is 418. The minimum absolute atomic E-state index is 0.0837. The third-order valence-corrected chi connectivity index (χ3v) is 3.20. The highest BCUT2D eigenvalue weighted by atomic mass is 19.4. The van der Waals surface area contributed by atoms with Crippen molar-refractivity contribution in [2.45, 2.75) is 38.1 Å². The molecule has 6 heteroatoms. The molecule has 0 saturated carbocycles. The molecule has 0 aliphatic carbocycles. The maximum atomic E-state index is 12.6. The van der Waals surface area contributed by atoms with Crippen molar-refractivity contribution in [3.05, 3.63) is 35.4 Å². The summed E-state index contributed by atoms with van der Waals surface area (Å²) in [7, 11) is 1.59. The molecular weight excluding hydrogens is 283 g/mol. The molecule has 0 aliphatic heterocycles. The van der Waals surface area contributed by atoms with Crippen molar-refractivity contribution in [3.8, 4) is 0 Å². The van der Waals surface area contributed by atoms with Gasteiger partial charge in [-0.25, -0.2) is 0 Å². The topological polar surface area (TPSA) is 41.5 Å². The summed E-state index contributed by atoms with van der Waals surface area (Å²) in [6.07, 6.45) is -3.54. The van der Waals surface area contributed by atoms with Crippen LogP contribution in [0, 0.1) is 0 Å². The van der Waals surface area contributed by atoms with Gasteiger partial charge in [0.05, 0.1) is 18.3 Å². The zero-order valence-electron chi connectivity index (χ0n) is 12.3. The summed E-state index contributed by atoms with van der Waals surface area (Å²) in [5.74, 6) is 0.